The van der Waals surface area contributed by atoms with E-state index < -0.39 is 6.10 Å². The summed E-state index contributed by atoms with van der Waals surface area (Å²) >= 11 is 0. The Morgan fingerprint density at radius 1 is 1.05 bits per heavy atom. The lowest BCUT2D eigenvalue weighted by Gasteiger charge is -2.22. The fourth-order valence-electron chi connectivity index (χ4n) is 2.31. The Bertz CT molecular complexity index is 603. The topological polar surface area (TPSA) is 52.5 Å². The van der Waals surface area contributed by atoms with Gasteiger partial charge in [-0.05, 0) is 28.7 Å². The fraction of sp³-hybridized carbons (Fsp3) is 0.368. The second-order valence-corrected chi connectivity index (χ2v) is 6.59. The Morgan fingerprint density at radius 3 is 2.32 bits per heavy atom. The molecule has 3 heteroatoms. The molecule has 0 heterocycles. The minimum absolute atomic E-state index is 0.0761. The van der Waals surface area contributed by atoms with E-state index in [0.29, 0.717) is 6.54 Å². The molecule has 0 radical (unpaired) electrons. The van der Waals surface area contributed by atoms with Crippen molar-refractivity contribution in [2.24, 2.45) is 0 Å². The summed E-state index contributed by atoms with van der Waals surface area (Å²) in [4.78, 5) is 0. The third-order valence-corrected chi connectivity index (χ3v) is 3.71. The molecule has 0 saturated heterocycles. The van der Waals surface area contributed by atoms with Crippen molar-refractivity contribution >= 4 is 5.69 Å². The van der Waals surface area contributed by atoms with E-state index in [-0.39, 0.29) is 12.0 Å². The molecule has 0 fully saturated rings. The molecule has 3 nitrogen and oxygen atoms in total. The van der Waals surface area contributed by atoms with Gasteiger partial charge in [0.2, 0.25) is 0 Å². The van der Waals surface area contributed by atoms with Crippen LogP contribution in [0, 0.1) is 0 Å². The molecular weight excluding hydrogens is 274 g/mol. The molecular formula is C19H25NO2. The number of anilines is 1. The number of hydrogen-bond donors (Lipinski definition) is 3. The van der Waals surface area contributed by atoms with Crippen LogP contribution in [0.15, 0.2) is 48.5 Å². The van der Waals surface area contributed by atoms with Crippen LogP contribution in [0.1, 0.15) is 26.3 Å². The Hall–Kier alpha value is -1.84. The molecule has 22 heavy (non-hydrogen) atoms. The van der Waals surface area contributed by atoms with Gasteiger partial charge in [-0.15, -0.1) is 0 Å². The maximum Gasteiger partial charge on any atom is 0.0942 e. The van der Waals surface area contributed by atoms with Gasteiger partial charge in [-0.1, -0.05) is 57.2 Å². The highest BCUT2D eigenvalue weighted by Gasteiger charge is 2.16. The summed E-state index contributed by atoms with van der Waals surface area (Å²) in [5, 5.41) is 21.7. The van der Waals surface area contributed by atoms with Gasteiger partial charge in [0, 0.05) is 17.8 Å². The Balaban J connectivity index is 2.40. The lowest BCUT2D eigenvalue weighted by Crippen LogP contribution is -2.23. The Morgan fingerprint density at radius 2 is 1.73 bits per heavy atom. The van der Waals surface area contributed by atoms with Gasteiger partial charge in [-0.2, -0.15) is 0 Å². The molecule has 0 aliphatic heterocycles. The summed E-state index contributed by atoms with van der Waals surface area (Å²) < 4.78 is 0. The number of rotatable bonds is 5. The number of benzene rings is 2. The van der Waals surface area contributed by atoms with Crippen LogP contribution in [-0.2, 0) is 5.41 Å². The van der Waals surface area contributed by atoms with Gasteiger partial charge in [0.1, 0.15) is 0 Å². The largest absolute Gasteiger partial charge is 0.394 e. The van der Waals surface area contributed by atoms with Gasteiger partial charge in [0.05, 0.1) is 12.7 Å². The minimum atomic E-state index is -0.758. The average Bonchev–Trinajstić information content (AvgIpc) is 2.52. The standard InChI is InChI=1S/C19H25NO2/c1-19(2,3)15-9-10-18(20-12-16(22)13-21)17(11-15)14-7-5-4-6-8-14/h4-11,16,20-22H,12-13H2,1-3H3. The van der Waals surface area contributed by atoms with Crippen molar-refractivity contribution in [2.45, 2.75) is 32.3 Å². The first-order valence-corrected chi connectivity index (χ1v) is 7.64. The van der Waals surface area contributed by atoms with E-state index in [2.05, 4.69) is 50.4 Å². The van der Waals surface area contributed by atoms with E-state index in [4.69, 9.17) is 5.11 Å². The van der Waals surface area contributed by atoms with Gasteiger partial charge in [-0.3, -0.25) is 0 Å². The molecule has 3 N–H and O–H groups in total. The second kappa shape index (κ2) is 6.95. The van der Waals surface area contributed by atoms with E-state index >= 15 is 0 Å². The van der Waals surface area contributed by atoms with E-state index in [1.165, 1.54) is 5.56 Å². The van der Waals surface area contributed by atoms with Crippen molar-refractivity contribution in [1.29, 1.82) is 0 Å². The molecule has 2 aromatic rings. The lowest BCUT2D eigenvalue weighted by molar-refractivity contribution is 0.105. The first-order valence-electron chi connectivity index (χ1n) is 7.64. The molecule has 0 aliphatic carbocycles. The van der Waals surface area contributed by atoms with Gasteiger partial charge < -0.3 is 15.5 Å². The molecule has 118 valence electrons. The van der Waals surface area contributed by atoms with Crippen LogP contribution in [0.2, 0.25) is 0 Å². The zero-order valence-electron chi connectivity index (χ0n) is 13.5. The zero-order chi connectivity index (χ0) is 16.2. The Kier molecular flexibility index (Phi) is 5.22. The summed E-state index contributed by atoms with van der Waals surface area (Å²) in [6.45, 7) is 6.66. The smallest absolute Gasteiger partial charge is 0.0942 e. The number of aliphatic hydroxyl groups excluding tert-OH is 2. The van der Waals surface area contributed by atoms with Gasteiger partial charge in [0.15, 0.2) is 0 Å². The highest BCUT2D eigenvalue weighted by atomic mass is 16.3. The second-order valence-electron chi connectivity index (χ2n) is 6.59. The molecule has 0 amide bonds. The van der Waals surface area contributed by atoms with Crippen LogP contribution >= 0.6 is 0 Å². The number of hydrogen-bond acceptors (Lipinski definition) is 3. The summed E-state index contributed by atoms with van der Waals surface area (Å²) in [6.07, 6.45) is -0.758. The van der Waals surface area contributed by atoms with Crippen LogP contribution in [0.3, 0.4) is 0 Å². The summed E-state index contributed by atoms with van der Waals surface area (Å²) in [6, 6.07) is 16.6. The molecule has 1 atom stereocenters. The molecule has 0 aromatic heterocycles. The number of nitrogens with one attached hydrogen (secondary N) is 1. The van der Waals surface area contributed by atoms with E-state index in [0.717, 1.165) is 16.8 Å². The average molecular weight is 299 g/mol. The van der Waals surface area contributed by atoms with Crippen molar-refractivity contribution in [3.8, 4) is 11.1 Å². The molecule has 0 bridgehead atoms. The molecule has 0 aliphatic rings. The highest BCUT2D eigenvalue weighted by Crippen LogP contribution is 2.33. The van der Waals surface area contributed by atoms with Crippen LogP contribution in [0.5, 0.6) is 0 Å². The van der Waals surface area contributed by atoms with Crippen molar-refractivity contribution in [2.75, 3.05) is 18.5 Å². The van der Waals surface area contributed by atoms with Crippen LogP contribution in [0.25, 0.3) is 11.1 Å². The summed E-state index contributed by atoms with van der Waals surface area (Å²) in [5.41, 5.74) is 4.55. The van der Waals surface area contributed by atoms with Gasteiger partial charge in [-0.25, -0.2) is 0 Å². The lowest BCUT2D eigenvalue weighted by atomic mass is 9.85. The molecule has 2 aromatic carbocycles. The van der Waals surface area contributed by atoms with Crippen LogP contribution in [0.4, 0.5) is 5.69 Å². The van der Waals surface area contributed by atoms with Crippen molar-refractivity contribution in [1.82, 2.24) is 0 Å². The zero-order valence-corrected chi connectivity index (χ0v) is 13.5. The minimum Gasteiger partial charge on any atom is -0.394 e. The first-order chi connectivity index (χ1) is 10.4. The third-order valence-electron chi connectivity index (χ3n) is 3.71. The SMILES string of the molecule is CC(C)(C)c1ccc(NCC(O)CO)c(-c2ccccc2)c1. The molecule has 0 spiro atoms. The van der Waals surface area contributed by atoms with Crippen molar-refractivity contribution in [3.63, 3.8) is 0 Å². The van der Waals surface area contributed by atoms with Crippen LogP contribution in [-0.4, -0.2) is 29.5 Å². The third kappa shape index (κ3) is 4.09. The van der Waals surface area contributed by atoms with E-state index in [9.17, 15) is 5.11 Å². The van der Waals surface area contributed by atoms with Gasteiger partial charge in [0.25, 0.3) is 0 Å². The van der Waals surface area contributed by atoms with E-state index in [1.807, 2.05) is 24.3 Å². The molecule has 2 rings (SSSR count). The maximum absolute atomic E-state index is 9.55. The van der Waals surface area contributed by atoms with Crippen LogP contribution < -0.4 is 5.32 Å². The quantitative estimate of drug-likeness (QED) is 0.793. The molecule has 1 unspecified atom stereocenters. The Labute approximate surface area is 132 Å². The normalized spacial score (nSPS) is 13.0. The van der Waals surface area contributed by atoms with Gasteiger partial charge >= 0.3 is 0 Å². The summed E-state index contributed by atoms with van der Waals surface area (Å²) in [5.74, 6) is 0. The van der Waals surface area contributed by atoms with Crippen molar-refractivity contribution in [3.05, 3.63) is 54.1 Å². The first kappa shape index (κ1) is 16.5. The highest BCUT2D eigenvalue weighted by molar-refractivity contribution is 5.78. The fourth-order valence-corrected chi connectivity index (χ4v) is 2.31. The van der Waals surface area contributed by atoms with Crippen molar-refractivity contribution < 1.29 is 10.2 Å². The number of aliphatic hydroxyl groups is 2. The monoisotopic (exact) mass is 299 g/mol. The maximum atomic E-state index is 9.55. The summed E-state index contributed by atoms with van der Waals surface area (Å²) in [7, 11) is 0. The molecule has 0 saturated carbocycles. The predicted octanol–water partition coefficient (Wildman–Crippen LogP) is 3.42. The van der Waals surface area contributed by atoms with E-state index in [1.54, 1.807) is 0 Å². The predicted molar refractivity (Wildman–Crippen MR) is 92.2 cm³/mol.